The number of nitrogens with one attached hydrogen (secondary N) is 4. The first kappa shape index (κ1) is 51.1. The standard InChI is InChI=1S/C21H28N8O4.C21H30N8O2/c1-21(2,3)33-20(30)5-4-14(6-7-22)10-25-16-8-18(27-12-17(16)29(31)32)28-19-13-24-15(9-23)11-26-19;1-21(2,3)31-20(30)5-4-14(6-7-22)10-26-17-8-18(28-12-16(17)24)29-19-13-25-15(9-23)11-27-19/h8,11-14H,4-7,10,22H2,1-3H3,(H2,25,26,27,28);8,11-14H,4-7,10,22,24H2,1-3H3,(H2,26,27,28,29). The number of nitriles is 2. The van der Waals surface area contributed by atoms with Crippen molar-refractivity contribution >= 4 is 58.0 Å². The zero-order valence-electron chi connectivity index (χ0n) is 37.1. The maximum Gasteiger partial charge on any atom is 0.310 e. The van der Waals surface area contributed by atoms with Crippen LogP contribution in [0, 0.1) is 44.6 Å². The van der Waals surface area contributed by atoms with Crippen molar-refractivity contribution in [1.82, 2.24) is 29.9 Å². The molecule has 0 aliphatic carbocycles. The molecule has 0 bridgehead atoms. The van der Waals surface area contributed by atoms with Crippen molar-refractivity contribution in [1.29, 1.82) is 10.5 Å². The van der Waals surface area contributed by atoms with E-state index in [0.717, 1.165) is 12.6 Å². The normalized spacial score (nSPS) is 11.9. The molecule has 342 valence electrons. The molecular formula is C42H58N16O6. The lowest BCUT2D eigenvalue weighted by Gasteiger charge is -2.21. The quantitative estimate of drug-likeness (QED) is 0.0310. The molecule has 2 atom stereocenters. The smallest absolute Gasteiger partial charge is 0.310 e. The number of esters is 2. The fourth-order valence-electron chi connectivity index (χ4n) is 5.76. The van der Waals surface area contributed by atoms with E-state index in [9.17, 15) is 19.7 Å². The van der Waals surface area contributed by atoms with Crippen molar-refractivity contribution in [2.24, 2.45) is 23.3 Å². The van der Waals surface area contributed by atoms with Gasteiger partial charge in [-0.2, -0.15) is 10.5 Å². The fraction of sp³-hybridized carbons (Fsp3) is 0.476. The molecule has 0 radical (unpaired) electrons. The van der Waals surface area contributed by atoms with Gasteiger partial charge in [-0.15, -0.1) is 0 Å². The van der Waals surface area contributed by atoms with Crippen molar-refractivity contribution in [3.63, 3.8) is 0 Å². The average molecular weight is 883 g/mol. The zero-order chi connectivity index (χ0) is 47.3. The highest BCUT2D eigenvalue weighted by Crippen LogP contribution is 2.28. The highest BCUT2D eigenvalue weighted by Gasteiger charge is 2.21. The van der Waals surface area contributed by atoms with Crippen LogP contribution in [-0.4, -0.2) is 84.1 Å². The van der Waals surface area contributed by atoms with Gasteiger partial charge in [0.15, 0.2) is 11.4 Å². The van der Waals surface area contributed by atoms with E-state index in [2.05, 4.69) is 51.2 Å². The van der Waals surface area contributed by atoms with Gasteiger partial charge in [0.05, 0.1) is 47.3 Å². The molecule has 0 spiro atoms. The molecule has 4 rings (SSSR count). The number of nitrogens with two attached hydrogens (primary N) is 3. The van der Waals surface area contributed by atoms with Crippen molar-refractivity contribution in [3.05, 3.63) is 70.8 Å². The molecule has 4 aromatic rings. The van der Waals surface area contributed by atoms with Crippen LogP contribution in [0.1, 0.15) is 91.5 Å². The summed E-state index contributed by atoms with van der Waals surface area (Å²) in [5.41, 5.74) is 18.1. The first-order valence-corrected chi connectivity index (χ1v) is 20.5. The predicted molar refractivity (Wildman–Crippen MR) is 241 cm³/mol. The molecule has 10 N–H and O–H groups in total. The number of nitrogens with zero attached hydrogens (tertiary/aromatic N) is 9. The molecule has 64 heavy (non-hydrogen) atoms. The summed E-state index contributed by atoms with van der Waals surface area (Å²) in [7, 11) is 0. The number of carbonyl (C=O) groups is 2. The van der Waals surface area contributed by atoms with Crippen molar-refractivity contribution in [2.45, 2.75) is 91.3 Å². The lowest BCUT2D eigenvalue weighted by Crippen LogP contribution is -2.25. The van der Waals surface area contributed by atoms with Crippen LogP contribution in [-0.2, 0) is 19.1 Å². The van der Waals surface area contributed by atoms with Gasteiger partial charge < -0.3 is 47.9 Å². The Morgan fingerprint density at radius 1 is 0.672 bits per heavy atom. The number of pyridine rings is 2. The molecule has 0 saturated heterocycles. The van der Waals surface area contributed by atoms with Gasteiger partial charge >= 0.3 is 17.6 Å². The zero-order valence-corrected chi connectivity index (χ0v) is 37.1. The molecule has 4 heterocycles. The van der Waals surface area contributed by atoms with E-state index in [1.165, 1.54) is 30.9 Å². The summed E-state index contributed by atoms with van der Waals surface area (Å²) in [6, 6.07) is 7.05. The molecule has 22 nitrogen and oxygen atoms in total. The molecule has 0 aromatic carbocycles. The Morgan fingerprint density at radius 2 is 1.09 bits per heavy atom. The highest BCUT2D eigenvalue weighted by atomic mass is 16.6. The number of nitro groups is 1. The van der Waals surface area contributed by atoms with Crippen LogP contribution in [0.3, 0.4) is 0 Å². The second-order valence-corrected chi connectivity index (χ2v) is 16.4. The first-order valence-electron chi connectivity index (χ1n) is 20.5. The maximum absolute atomic E-state index is 12.0. The monoisotopic (exact) mass is 882 g/mol. The molecule has 0 amide bonds. The fourth-order valence-corrected chi connectivity index (χ4v) is 5.76. The number of nitrogen functional groups attached to an aromatic ring is 1. The van der Waals surface area contributed by atoms with Crippen LogP contribution in [0.4, 0.5) is 46.0 Å². The van der Waals surface area contributed by atoms with Gasteiger partial charge in [0, 0.05) is 38.1 Å². The van der Waals surface area contributed by atoms with Gasteiger partial charge in [0.2, 0.25) is 0 Å². The van der Waals surface area contributed by atoms with Crippen LogP contribution < -0.4 is 38.5 Å². The number of hydrogen-bond acceptors (Lipinski definition) is 21. The SMILES string of the molecule is CC(C)(C)OC(=O)CCC(CCN)CNc1cc(Nc2cnc(C#N)cn2)ncc1N.CC(C)(C)OC(=O)CCC(CCN)CNc1cc(Nc2cnc(C#N)cn2)ncc1[N+](=O)[O-]. The summed E-state index contributed by atoms with van der Waals surface area (Å²) >= 11 is 0. The average Bonchev–Trinajstić information content (AvgIpc) is 3.23. The van der Waals surface area contributed by atoms with E-state index in [1.54, 1.807) is 12.3 Å². The highest BCUT2D eigenvalue weighted by molar-refractivity contribution is 5.71. The van der Waals surface area contributed by atoms with Gasteiger partial charge in [-0.3, -0.25) is 19.7 Å². The molecule has 22 heteroatoms. The molecule has 0 fully saturated rings. The van der Waals surface area contributed by atoms with Crippen LogP contribution in [0.15, 0.2) is 49.3 Å². The van der Waals surface area contributed by atoms with Crippen LogP contribution in [0.25, 0.3) is 0 Å². The summed E-state index contributed by atoms with van der Waals surface area (Å²) < 4.78 is 10.7. The third-order valence-corrected chi connectivity index (χ3v) is 8.73. The van der Waals surface area contributed by atoms with Gasteiger partial charge in [-0.25, -0.2) is 29.9 Å². The Hall–Kier alpha value is -7.30. The molecule has 0 aliphatic rings. The molecular weight excluding hydrogens is 825 g/mol. The third kappa shape index (κ3) is 19.2. The largest absolute Gasteiger partial charge is 0.460 e. The van der Waals surface area contributed by atoms with Crippen molar-refractivity contribution in [3.8, 4) is 12.1 Å². The Labute approximate surface area is 372 Å². The Bertz CT molecular complexity index is 2220. The van der Waals surface area contributed by atoms with E-state index in [0.29, 0.717) is 86.5 Å². The molecule has 4 aromatic heterocycles. The van der Waals surface area contributed by atoms with Gasteiger partial charge in [0.1, 0.15) is 58.5 Å². The molecule has 2 unspecified atom stereocenters. The predicted octanol–water partition coefficient (Wildman–Crippen LogP) is 5.46. The van der Waals surface area contributed by atoms with E-state index in [-0.39, 0.29) is 53.0 Å². The van der Waals surface area contributed by atoms with E-state index >= 15 is 0 Å². The summed E-state index contributed by atoms with van der Waals surface area (Å²) in [5.74, 6) is 1.32. The summed E-state index contributed by atoms with van der Waals surface area (Å²) in [5, 5.41) is 41.4. The van der Waals surface area contributed by atoms with Crippen LogP contribution in [0.2, 0.25) is 0 Å². The Morgan fingerprint density at radius 3 is 1.48 bits per heavy atom. The molecule has 0 saturated carbocycles. The number of rotatable bonds is 21. The lowest BCUT2D eigenvalue weighted by atomic mass is 9.99. The maximum atomic E-state index is 12.0. The minimum atomic E-state index is -0.556. The number of carbonyl (C=O) groups excluding carboxylic acids is 2. The van der Waals surface area contributed by atoms with E-state index < -0.39 is 16.1 Å². The molecule has 0 aliphatic heterocycles. The summed E-state index contributed by atoms with van der Waals surface area (Å²) in [6.45, 7) is 12.9. The third-order valence-electron chi connectivity index (χ3n) is 8.73. The lowest BCUT2D eigenvalue weighted by molar-refractivity contribution is -0.384. The minimum Gasteiger partial charge on any atom is -0.460 e. The van der Waals surface area contributed by atoms with E-state index in [1.807, 2.05) is 53.7 Å². The number of anilines is 7. The van der Waals surface area contributed by atoms with Crippen molar-refractivity contribution in [2.75, 3.05) is 53.2 Å². The topological polar surface area (TPSA) is 347 Å². The number of aromatic nitrogens is 6. The second kappa shape index (κ2) is 25.0. The van der Waals surface area contributed by atoms with E-state index in [4.69, 9.17) is 37.2 Å². The minimum absolute atomic E-state index is 0.0103. The Kier molecular flexibility index (Phi) is 19.9. The van der Waals surface area contributed by atoms with Gasteiger partial charge in [-0.1, -0.05) is 0 Å². The van der Waals surface area contributed by atoms with Crippen LogP contribution in [0.5, 0.6) is 0 Å². The van der Waals surface area contributed by atoms with Crippen LogP contribution >= 0.6 is 0 Å². The summed E-state index contributed by atoms with van der Waals surface area (Å²) in [4.78, 5) is 59.3. The number of ether oxygens (including phenoxy) is 2. The first-order chi connectivity index (χ1) is 30.3. The van der Waals surface area contributed by atoms with Crippen molar-refractivity contribution < 1.29 is 24.0 Å². The Balaban J connectivity index is 0.000000341. The van der Waals surface area contributed by atoms with Gasteiger partial charge in [0.25, 0.3) is 0 Å². The second-order valence-electron chi connectivity index (χ2n) is 16.4. The summed E-state index contributed by atoms with van der Waals surface area (Å²) in [6.07, 6.45) is 11.3. The van der Waals surface area contributed by atoms with Gasteiger partial charge in [-0.05, 0) is 92.2 Å². The number of hydrogen-bond donors (Lipinski definition) is 7.